The Kier molecular flexibility index (Phi) is 6.51. The van der Waals surface area contributed by atoms with Gasteiger partial charge in [0, 0.05) is 0 Å². The number of halogens is 1. The fourth-order valence-corrected chi connectivity index (χ4v) is 4.26. The van der Waals surface area contributed by atoms with Crippen LogP contribution < -0.4 is 4.74 Å². The van der Waals surface area contributed by atoms with Gasteiger partial charge in [0.2, 0.25) is 0 Å². The van der Waals surface area contributed by atoms with E-state index in [0.717, 1.165) is 27.8 Å². The maximum atomic E-state index is 12.7. The van der Waals surface area contributed by atoms with Crippen molar-refractivity contribution in [1.29, 1.82) is 0 Å². The smallest absolute Gasteiger partial charge is 0.266 e. The second-order valence-electron chi connectivity index (χ2n) is 5.79. The average Bonchev–Trinajstić information content (AvgIpc) is 2.89. The van der Waals surface area contributed by atoms with Crippen LogP contribution in [0.4, 0.5) is 0 Å². The van der Waals surface area contributed by atoms with Gasteiger partial charge >= 0.3 is 0 Å². The molecule has 0 unspecified atom stereocenters. The number of thiocarbonyl (C=S) groups is 1. The van der Waals surface area contributed by atoms with E-state index in [-0.39, 0.29) is 5.91 Å². The molecule has 1 saturated heterocycles. The number of hydrogen-bond donors (Lipinski definition) is 0. The summed E-state index contributed by atoms with van der Waals surface area (Å²) in [6.07, 6.45) is 2.83. The van der Waals surface area contributed by atoms with Crippen molar-refractivity contribution >= 4 is 56.2 Å². The first-order valence-electron chi connectivity index (χ1n) is 8.30. The normalized spacial score (nSPS) is 15.8. The van der Waals surface area contributed by atoms with Crippen LogP contribution >= 0.6 is 39.9 Å². The molecular formula is C20H18BrNO2S2. The lowest BCUT2D eigenvalue weighted by atomic mass is 10.2. The highest BCUT2D eigenvalue weighted by Gasteiger charge is 2.31. The summed E-state index contributed by atoms with van der Waals surface area (Å²) in [4.78, 5) is 15.0. The monoisotopic (exact) mass is 447 g/mol. The predicted molar refractivity (Wildman–Crippen MR) is 115 cm³/mol. The zero-order valence-corrected chi connectivity index (χ0v) is 17.5. The van der Waals surface area contributed by atoms with E-state index in [1.54, 1.807) is 4.90 Å². The third kappa shape index (κ3) is 4.55. The number of hydrogen-bond acceptors (Lipinski definition) is 4. The second-order valence-corrected chi connectivity index (χ2v) is 8.32. The minimum absolute atomic E-state index is 0.0497. The Balaban J connectivity index is 1.76. The SMILES string of the molecule is CCCOc1ccc(/C=C2/SC(=S)N(Cc3ccccc3)C2=O)cc1Br. The van der Waals surface area contributed by atoms with Crippen LogP contribution in [0.5, 0.6) is 5.75 Å². The van der Waals surface area contributed by atoms with Crippen LogP contribution in [-0.2, 0) is 11.3 Å². The van der Waals surface area contributed by atoms with Crippen LogP contribution in [0.25, 0.3) is 6.08 Å². The van der Waals surface area contributed by atoms with Gasteiger partial charge in [0.25, 0.3) is 5.91 Å². The van der Waals surface area contributed by atoms with E-state index in [0.29, 0.717) is 22.4 Å². The Morgan fingerprint density at radius 1 is 1.23 bits per heavy atom. The highest BCUT2D eigenvalue weighted by atomic mass is 79.9. The first kappa shape index (κ1) is 19.1. The zero-order chi connectivity index (χ0) is 18.5. The molecule has 0 N–H and O–H groups in total. The van der Waals surface area contributed by atoms with E-state index in [9.17, 15) is 4.79 Å². The van der Waals surface area contributed by atoms with Crippen molar-refractivity contribution in [3.05, 3.63) is 69.0 Å². The van der Waals surface area contributed by atoms with Gasteiger partial charge in [-0.15, -0.1) is 0 Å². The second kappa shape index (κ2) is 8.84. The summed E-state index contributed by atoms with van der Waals surface area (Å²) >= 11 is 10.3. The molecule has 3 rings (SSSR count). The first-order valence-corrected chi connectivity index (χ1v) is 10.3. The molecule has 1 aliphatic rings. The summed E-state index contributed by atoms with van der Waals surface area (Å²) in [7, 11) is 0. The molecule has 0 spiro atoms. The lowest BCUT2D eigenvalue weighted by Crippen LogP contribution is -2.27. The van der Waals surface area contributed by atoms with Crippen molar-refractivity contribution in [1.82, 2.24) is 4.90 Å². The van der Waals surface area contributed by atoms with Crippen molar-refractivity contribution in [2.45, 2.75) is 19.9 Å². The van der Waals surface area contributed by atoms with Crippen molar-refractivity contribution in [2.75, 3.05) is 6.61 Å². The number of nitrogens with zero attached hydrogens (tertiary/aromatic N) is 1. The standard InChI is InChI=1S/C20H18BrNO2S2/c1-2-10-24-17-9-8-15(11-16(17)21)12-18-19(23)22(20(25)26-18)13-14-6-4-3-5-7-14/h3-9,11-12H,2,10,13H2,1H3/b18-12+. The lowest BCUT2D eigenvalue weighted by Gasteiger charge is -2.14. The molecule has 6 heteroatoms. The van der Waals surface area contributed by atoms with Crippen molar-refractivity contribution < 1.29 is 9.53 Å². The largest absolute Gasteiger partial charge is 0.492 e. The van der Waals surface area contributed by atoms with E-state index in [1.807, 2.05) is 54.6 Å². The van der Waals surface area contributed by atoms with Crippen LogP contribution in [0.15, 0.2) is 57.9 Å². The van der Waals surface area contributed by atoms with Gasteiger partial charge in [0.1, 0.15) is 10.1 Å². The molecule has 2 aromatic rings. The van der Waals surface area contributed by atoms with Crippen molar-refractivity contribution in [3.63, 3.8) is 0 Å². The van der Waals surface area contributed by atoms with Crippen LogP contribution in [0.3, 0.4) is 0 Å². The number of rotatable bonds is 6. The topological polar surface area (TPSA) is 29.5 Å². The number of thioether (sulfide) groups is 1. The summed E-state index contributed by atoms with van der Waals surface area (Å²) in [5.41, 5.74) is 1.99. The Morgan fingerprint density at radius 2 is 2.00 bits per heavy atom. The lowest BCUT2D eigenvalue weighted by molar-refractivity contribution is -0.122. The maximum absolute atomic E-state index is 12.7. The fourth-order valence-electron chi connectivity index (χ4n) is 2.49. The molecule has 0 aliphatic carbocycles. The van der Waals surface area contributed by atoms with Gasteiger partial charge in [-0.1, -0.05) is 67.3 Å². The number of amides is 1. The summed E-state index contributed by atoms with van der Waals surface area (Å²) in [6, 6.07) is 15.7. The molecule has 0 radical (unpaired) electrons. The van der Waals surface area contributed by atoms with Gasteiger partial charge in [-0.25, -0.2) is 0 Å². The quantitative estimate of drug-likeness (QED) is 0.423. The average molecular weight is 448 g/mol. The fraction of sp³-hybridized carbons (Fsp3) is 0.200. The van der Waals surface area contributed by atoms with Gasteiger partial charge in [-0.3, -0.25) is 9.69 Å². The minimum Gasteiger partial charge on any atom is -0.492 e. The highest BCUT2D eigenvalue weighted by molar-refractivity contribution is 9.10. The van der Waals surface area contributed by atoms with Crippen LogP contribution in [0.2, 0.25) is 0 Å². The molecule has 0 saturated carbocycles. The van der Waals surface area contributed by atoms with Crippen LogP contribution in [0.1, 0.15) is 24.5 Å². The molecule has 1 fully saturated rings. The van der Waals surface area contributed by atoms with Gasteiger partial charge in [-0.2, -0.15) is 0 Å². The van der Waals surface area contributed by atoms with E-state index < -0.39 is 0 Å². The molecule has 1 amide bonds. The molecular weight excluding hydrogens is 430 g/mol. The summed E-state index contributed by atoms with van der Waals surface area (Å²) in [5, 5.41) is 0. The highest BCUT2D eigenvalue weighted by Crippen LogP contribution is 2.35. The molecule has 134 valence electrons. The summed E-state index contributed by atoms with van der Waals surface area (Å²) < 4.78 is 7.13. The Hall–Kier alpha value is -1.63. The molecule has 1 heterocycles. The number of benzene rings is 2. The van der Waals surface area contributed by atoms with Crippen molar-refractivity contribution in [2.24, 2.45) is 0 Å². The molecule has 26 heavy (non-hydrogen) atoms. The molecule has 1 aliphatic heterocycles. The minimum atomic E-state index is -0.0497. The first-order chi connectivity index (χ1) is 12.6. The third-order valence-electron chi connectivity index (χ3n) is 3.77. The summed E-state index contributed by atoms with van der Waals surface area (Å²) in [5.74, 6) is 0.756. The Morgan fingerprint density at radius 3 is 2.69 bits per heavy atom. The molecule has 3 nitrogen and oxygen atoms in total. The maximum Gasteiger partial charge on any atom is 0.266 e. The van der Waals surface area contributed by atoms with Crippen LogP contribution in [0, 0.1) is 0 Å². The molecule has 0 bridgehead atoms. The van der Waals surface area contributed by atoms with Crippen molar-refractivity contribution in [3.8, 4) is 5.75 Å². The molecule has 2 aromatic carbocycles. The predicted octanol–water partition coefficient (Wildman–Crippen LogP) is 5.64. The number of carbonyl (C=O) groups is 1. The van der Waals surface area contributed by atoms with E-state index in [4.69, 9.17) is 17.0 Å². The van der Waals surface area contributed by atoms with Gasteiger partial charge in [0.05, 0.1) is 22.5 Å². The van der Waals surface area contributed by atoms with Gasteiger partial charge in [-0.05, 0) is 51.7 Å². The zero-order valence-electron chi connectivity index (χ0n) is 14.3. The third-order valence-corrected chi connectivity index (χ3v) is 5.77. The van der Waals surface area contributed by atoms with E-state index in [2.05, 4.69) is 22.9 Å². The van der Waals surface area contributed by atoms with E-state index >= 15 is 0 Å². The van der Waals surface area contributed by atoms with E-state index in [1.165, 1.54) is 11.8 Å². The Bertz CT molecular complexity index is 852. The Labute approximate surface area is 171 Å². The van der Waals surface area contributed by atoms with Crippen LogP contribution in [-0.4, -0.2) is 21.7 Å². The number of ether oxygens (including phenoxy) is 1. The van der Waals surface area contributed by atoms with Gasteiger partial charge in [0.15, 0.2) is 0 Å². The van der Waals surface area contributed by atoms with Gasteiger partial charge < -0.3 is 4.74 Å². The number of carbonyl (C=O) groups excluding carboxylic acids is 1. The molecule has 0 atom stereocenters. The molecule has 0 aromatic heterocycles. The summed E-state index contributed by atoms with van der Waals surface area (Å²) in [6.45, 7) is 3.24.